The number of benzene rings is 2. The fourth-order valence-corrected chi connectivity index (χ4v) is 3.60. The molecule has 2 N–H and O–H groups in total. The number of hydrogen-bond donors (Lipinski definition) is 2. The van der Waals surface area contributed by atoms with Gasteiger partial charge < -0.3 is 15.2 Å². The Morgan fingerprint density at radius 3 is 2.36 bits per heavy atom. The summed E-state index contributed by atoms with van der Waals surface area (Å²) in [6.07, 6.45) is 2.90. The molecule has 2 aromatic heterocycles. The summed E-state index contributed by atoms with van der Waals surface area (Å²) in [5.41, 5.74) is -0.0834. The van der Waals surface area contributed by atoms with Crippen molar-refractivity contribution in [3.8, 4) is 11.5 Å². The number of hydrogen-bond acceptors (Lipinski definition) is 5. The van der Waals surface area contributed by atoms with E-state index in [1.54, 1.807) is 37.3 Å². The van der Waals surface area contributed by atoms with Gasteiger partial charge in [-0.2, -0.15) is 8.78 Å². The maximum atomic E-state index is 15.2. The third-order valence-corrected chi connectivity index (χ3v) is 5.13. The van der Waals surface area contributed by atoms with E-state index in [0.29, 0.717) is 5.39 Å². The lowest BCUT2D eigenvalue weighted by Gasteiger charge is -2.24. The first kappa shape index (κ1) is 22.3. The minimum atomic E-state index is -1.67. The van der Waals surface area contributed by atoms with Crippen LogP contribution in [0.2, 0.25) is 0 Å². The molecule has 2 heterocycles. The predicted octanol–water partition coefficient (Wildman–Crippen LogP) is 5.80. The van der Waals surface area contributed by atoms with Crippen molar-refractivity contribution in [2.75, 3.05) is 11.9 Å². The summed E-state index contributed by atoms with van der Waals surface area (Å²) in [5, 5.41) is 14.3. The number of aromatic nitrogens is 2. The van der Waals surface area contributed by atoms with Crippen molar-refractivity contribution >= 4 is 16.7 Å². The number of ether oxygens (including phenoxy) is 1. The Morgan fingerprint density at radius 1 is 0.970 bits per heavy atom. The Bertz CT molecular complexity index is 1320. The molecule has 4 aromatic rings. The van der Waals surface area contributed by atoms with Crippen LogP contribution in [-0.2, 0) is 0 Å². The van der Waals surface area contributed by atoms with Crippen LogP contribution in [0.5, 0.6) is 11.5 Å². The second-order valence-electron chi connectivity index (χ2n) is 7.31. The van der Waals surface area contributed by atoms with Gasteiger partial charge in [-0.05, 0) is 37.6 Å². The summed E-state index contributed by atoms with van der Waals surface area (Å²) in [6, 6.07) is 8.06. The molecule has 0 fully saturated rings. The van der Waals surface area contributed by atoms with Gasteiger partial charge in [0.25, 0.3) is 0 Å². The Hall–Kier alpha value is -3.88. The Balaban J connectivity index is 1.98. The lowest BCUT2D eigenvalue weighted by Crippen LogP contribution is -2.19. The van der Waals surface area contributed by atoms with Crippen molar-refractivity contribution in [2.24, 2.45) is 0 Å². The molecule has 4 rings (SSSR count). The Kier molecular flexibility index (Phi) is 6.04. The molecule has 170 valence electrons. The third kappa shape index (κ3) is 4.02. The van der Waals surface area contributed by atoms with Crippen LogP contribution in [0.25, 0.3) is 10.9 Å². The van der Waals surface area contributed by atoms with Crippen LogP contribution >= 0.6 is 0 Å². The molecule has 9 heteroatoms. The number of aryl methyl sites for hydroxylation is 1. The molecular formula is C24H19F4N3O2. The van der Waals surface area contributed by atoms with Gasteiger partial charge in [-0.15, -0.1) is 0 Å². The van der Waals surface area contributed by atoms with Gasteiger partial charge in [-0.25, -0.2) is 13.8 Å². The molecule has 0 amide bonds. The van der Waals surface area contributed by atoms with Crippen molar-refractivity contribution < 1.29 is 27.4 Å². The highest BCUT2D eigenvalue weighted by Crippen LogP contribution is 2.41. The van der Waals surface area contributed by atoms with Crippen LogP contribution in [-0.4, -0.2) is 21.7 Å². The topological polar surface area (TPSA) is 67.3 Å². The van der Waals surface area contributed by atoms with E-state index in [1.165, 1.54) is 25.4 Å². The van der Waals surface area contributed by atoms with Gasteiger partial charge in [0.15, 0.2) is 17.4 Å². The van der Waals surface area contributed by atoms with Gasteiger partial charge in [-0.3, -0.25) is 4.98 Å². The number of anilines is 1. The lowest BCUT2D eigenvalue weighted by atomic mass is 9.94. The van der Waals surface area contributed by atoms with Gasteiger partial charge >= 0.3 is 0 Å². The van der Waals surface area contributed by atoms with E-state index < -0.39 is 46.4 Å². The van der Waals surface area contributed by atoms with E-state index in [2.05, 4.69) is 15.3 Å². The van der Waals surface area contributed by atoms with Crippen LogP contribution in [0.3, 0.4) is 0 Å². The molecule has 1 unspecified atom stereocenters. The number of nitrogens with zero attached hydrogens (tertiary/aromatic N) is 2. The van der Waals surface area contributed by atoms with Crippen LogP contribution < -0.4 is 10.1 Å². The van der Waals surface area contributed by atoms with E-state index in [0.717, 1.165) is 5.56 Å². The second-order valence-corrected chi connectivity index (χ2v) is 7.31. The maximum Gasteiger partial charge on any atom is 0.204 e. The van der Waals surface area contributed by atoms with Crippen molar-refractivity contribution in [1.29, 1.82) is 0 Å². The maximum absolute atomic E-state index is 15.2. The van der Waals surface area contributed by atoms with Crippen molar-refractivity contribution in [3.05, 3.63) is 88.8 Å². The first-order valence-electron chi connectivity index (χ1n) is 10.1. The molecule has 2 aromatic carbocycles. The molecule has 0 spiro atoms. The average Bonchev–Trinajstić information content (AvgIpc) is 2.81. The molecule has 0 saturated heterocycles. The summed E-state index contributed by atoms with van der Waals surface area (Å²) in [6.45, 7) is 3.01. The molecule has 0 aliphatic carbocycles. The van der Waals surface area contributed by atoms with Crippen molar-refractivity contribution in [3.63, 3.8) is 0 Å². The smallest absolute Gasteiger partial charge is 0.204 e. The van der Waals surface area contributed by atoms with Crippen LogP contribution in [0.15, 0.2) is 48.8 Å². The highest BCUT2D eigenvalue weighted by molar-refractivity contribution is 5.86. The SMILES string of the molecule is CCOc1c(F)c(F)c(C(Nc2cc(C)ccn2)c2ccc3cccnc3c2O)c(F)c1F. The van der Waals surface area contributed by atoms with E-state index in [-0.39, 0.29) is 23.5 Å². The van der Waals surface area contributed by atoms with Crippen LogP contribution in [0.1, 0.15) is 29.7 Å². The standard InChI is InChI=1S/C24H19F4N3O2/c1-3-33-24-19(27)17(25)16(18(26)20(24)28)22(31-15-11-12(2)8-10-29-15)14-7-6-13-5-4-9-30-21(13)23(14)32/h4-11,22,32H,3H2,1-2H3,(H,29,31). The highest BCUT2D eigenvalue weighted by Gasteiger charge is 2.33. The number of pyridine rings is 2. The number of fused-ring (bicyclic) bond motifs is 1. The van der Waals surface area contributed by atoms with Crippen molar-refractivity contribution in [1.82, 2.24) is 9.97 Å². The fraction of sp³-hybridized carbons (Fsp3) is 0.167. The fourth-order valence-electron chi connectivity index (χ4n) is 3.60. The van der Waals surface area contributed by atoms with E-state index >= 15 is 8.78 Å². The van der Waals surface area contributed by atoms with Crippen LogP contribution in [0, 0.1) is 30.2 Å². The molecule has 0 bridgehead atoms. The molecule has 0 aliphatic rings. The van der Waals surface area contributed by atoms with Gasteiger partial charge in [0.1, 0.15) is 17.1 Å². The van der Waals surface area contributed by atoms with Gasteiger partial charge in [0, 0.05) is 23.3 Å². The van der Waals surface area contributed by atoms with Gasteiger partial charge in [0.2, 0.25) is 11.6 Å². The Morgan fingerprint density at radius 2 is 1.70 bits per heavy atom. The van der Waals surface area contributed by atoms with Gasteiger partial charge in [-0.1, -0.05) is 18.2 Å². The number of nitrogens with one attached hydrogen (secondary N) is 1. The minimum absolute atomic E-state index is 0.0507. The zero-order valence-corrected chi connectivity index (χ0v) is 17.7. The van der Waals surface area contributed by atoms with E-state index in [1.807, 2.05) is 0 Å². The van der Waals surface area contributed by atoms with Gasteiger partial charge in [0.05, 0.1) is 18.2 Å². The number of phenolic OH excluding ortho intramolecular Hbond substituents is 1. The van der Waals surface area contributed by atoms with E-state index in [9.17, 15) is 13.9 Å². The summed E-state index contributed by atoms with van der Waals surface area (Å²) in [4.78, 5) is 8.22. The number of halogens is 4. The molecule has 33 heavy (non-hydrogen) atoms. The summed E-state index contributed by atoms with van der Waals surface area (Å²) in [5.74, 6) is -8.01. The van der Waals surface area contributed by atoms with Crippen LogP contribution in [0.4, 0.5) is 23.4 Å². The number of rotatable bonds is 6. The largest absolute Gasteiger partial charge is 0.505 e. The Labute approximate surface area is 186 Å². The lowest BCUT2D eigenvalue weighted by molar-refractivity contribution is 0.284. The zero-order chi connectivity index (χ0) is 23.7. The second kappa shape index (κ2) is 8.93. The molecule has 0 saturated carbocycles. The molecular weight excluding hydrogens is 438 g/mol. The third-order valence-electron chi connectivity index (χ3n) is 5.13. The minimum Gasteiger partial charge on any atom is -0.505 e. The summed E-state index contributed by atoms with van der Waals surface area (Å²) in [7, 11) is 0. The molecule has 1 atom stereocenters. The highest BCUT2D eigenvalue weighted by atomic mass is 19.2. The van der Waals surface area contributed by atoms with Crippen molar-refractivity contribution in [2.45, 2.75) is 19.9 Å². The number of aromatic hydroxyl groups is 1. The average molecular weight is 457 g/mol. The first-order chi connectivity index (χ1) is 15.8. The van der Waals surface area contributed by atoms with E-state index in [4.69, 9.17) is 4.74 Å². The number of phenols is 1. The monoisotopic (exact) mass is 457 g/mol. The molecule has 0 aliphatic heterocycles. The molecule has 0 radical (unpaired) electrons. The first-order valence-corrected chi connectivity index (χ1v) is 10.1. The predicted molar refractivity (Wildman–Crippen MR) is 115 cm³/mol. The summed E-state index contributed by atoms with van der Waals surface area (Å²) < 4.78 is 64.5. The molecule has 5 nitrogen and oxygen atoms in total. The summed E-state index contributed by atoms with van der Waals surface area (Å²) >= 11 is 0. The quantitative estimate of drug-likeness (QED) is 0.283. The normalized spacial score (nSPS) is 12.1. The zero-order valence-electron chi connectivity index (χ0n) is 17.7.